The summed E-state index contributed by atoms with van der Waals surface area (Å²) in [4.78, 5) is 16.9. The van der Waals surface area contributed by atoms with Gasteiger partial charge >= 0.3 is 5.97 Å². The van der Waals surface area contributed by atoms with Gasteiger partial charge in [0.1, 0.15) is 18.2 Å². The first-order valence-electron chi connectivity index (χ1n) is 11.3. The summed E-state index contributed by atoms with van der Waals surface area (Å²) in [6, 6.07) is 21.5. The molecule has 1 aliphatic rings. The zero-order valence-electron chi connectivity index (χ0n) is 18.5. The van der Waals surface area contributed by atoms with Crippen molar-refractivity contribution in [1.29, 1.82) is 0 Å². The number of nitrogens with zero attached hydrogens (tertiary/aromatic N) is 1. The van der Waals surface area contributed by atoms with E-state index in [4.69, 9.17) is 9.47 Å². The second-order valence-corrected chi connectivity index (χ2v) is 8.40. The molecule has 34 heavy (non-hydrogen) atoms. The third-order valence-corrected chi connectivity index (χ3v) is 6.20. The summed E-state index contributed by atoms with van der Waals surface area (Å²) in [5, 5.41) is 11.3. The number of carbonyl (C=O) groups is 1. The van der Waals surface area contributed by atoms with Crippen LogP contribution in [0.15, 0.2) is 72.8 Å². The Kier molecular flexibility index (Phi) is 6.23. The molecule has 0 bridgehead atoms. The highest BCUT2D eigenvalue weighted by molar-refractivity contribution is 6.08. The van der Waals surface area contributed by atoms with Gasteiger partial charge in [-0.2, -0.15) is 0 Å². The lowest BCUT2D eigenvalue weighted by molar-refractivity contribution is 0.0691. The average molecular weight is 458 g/mol. The molecule has 0 saturated carbocycles. The summed E-state index contributed by atoms with van der Waals surface area (Å²) in [6.07, 6.45) is 1.51. The molecule has 1 aliphatic heterocycles. The Labute approximate surface area is 196 Å². The van der Waals surface area contributed by atoms with E-state index in [1.54, 1.807) is 18.2 Å². The van der Waals surface area contributed by atoms with E-state index in [1.807, 2.05) is 42.5 Å². The quantitative estimate of drug-likeness (QED) is 0.373. The average Bonchev–Trinajstić information content (AvgIpc) is 2.88. The van der Waals surface area contributed by atoms with Crippen molar-refractivity contribution in [2.24, 2.45) is 0 Å². The van der Waals surface area contributed by atoms with Crippen molar-refractivity contribution in [2.45, 2.75) is 25.4 Å². The van der Waals surface area contributed by atoms with Crippen molar-refractivity contribution in [3.8, 4) is 16.9 Å². The van der Waals surface area contributed by atoms with Crippen LogP contribution < -0.4 is 4.74 Å². The fourth-order valence-corrected chi connectivity index (χ4v) is 4.49. The third kappa shape index (κ3) is 4.50. The highest BCUT2D eigenvalue weighted by Gasteiger charge is 2.26. The molecule has 172 valence electrons. The van der Waals surface area contributed by atoms with Crippen LogP contribution in [0.1, 0.15) is 40.5 Å². The molecule has 5 nitrogen and oxygen atoms in total. The summed E-state index contributed by atoms with van der Waals surface area (Å²) in [7, 11) is 0. The zero-order chi connectivity index (χ0) is 23.5. The number of halogens is 1. The van der Waals surface area contributed by atoms with Crippen molar-refractivity contribution in [1.82, 2.24) is 4.98 Å². The molecule has 5 rings (SSSR count). The summed E-state index contributed by atoms with van der Waals surface area (Å²) in [6.45, 7) is 1.57. The fourth-order valence-electron chi connectivity index (χ4n) is 4.49. The third-order valence-electron chi connectivity index (χ3n) is 6.20. The van der Waals surface area contributed by atoms with Gasteiger partial charge in [-0.1, -0.05) is 42.5 Å². The minimum atomic E-state index is -1.09. The number of carboxylic acids is 1. The van der Waals surface area contributed by atoms with E-state index < -0.39 is 5.97 Å². The minimum absolute atomic E-state index is 0.00693. The lowest BCUT2D eigenvalue weighted by Crippen LogP contribution is -2.18. The zero-order valence-corrected chi connectivity index (χ0v) is 18.5. The Morgan fingerprint density at radius 1 is 1.00 bits per heavy atom. The molecule has 0 spiro atoms. The van der Waals surface area contributed by atoms with E-state index in [1.165, 1.54) is 12.1 Å². The molecule has 0 atom stereocenters. The molecule has 0 aliphatic carbocycles. The van der Waals surface area contributed by atoms with Crippen molar-refractivity contribution >= 4 is 16.7 Å². The van der Waals surface area contributed by atoms with Crippen LogP contribution in [0.5, 0.6) is 5.75 Å². The second kappa shape index (κ2) is 9.61. The Morgan fingerprint density at radius 3 is 2.44 bits per heavy atom. The lowest BCUT2D eigenvalue weighted by Gasteiger charge is -2.25. The van der Waals surface area contributed by atoms with Gasteiger partial charge < -0.3 is 14.6 Å². The first kappa shape index (κ1) is 22.0. The summed E-state index contributed by atoms with van der Waals surface area (Å²) in [5.41, 5.74) is 3.36. The maximum atomic E-state index is 13.7. The number of fused-ring (bicyclic) bond motifs is 1. The minimum Gasteiger partial charge on any atom is -0.489 e. The second-order valence-electron chi connectivity index (χ2n) is 8.40. The van der Waals surface area contributed by atoms with Crippen molar-refractivity contribution in [3.05, 3.63) is 95.6 Å². The Morgan fingerprint density at radius 2 is 1.74 bits per heavy atom. The van der Waals surface area contributed by atoms with E-state index in [0.717, 1.165) is 40.6 Å². The van der Waals surface area contributed by atoms with Gasteiger partial charge in [0.15, 0.2) is 5.69 Å². The van der Waals surface area contributed by atoms with Crippen LogP contribution >= 0.6 is 0 Å². The van der Waals surface area contributed by atoms with Gasteiger partial charge in [-0.25, -0.2) is 14.2 Å². The molecule has 1 N–H and O–H groups in total. The number of hydrogen-bond donors (Lipinski definition) is 1. The smallest absolute Gasteiger partial charge is 0.355 e. The molecule has 0 amide bonds. The van der Waals surface area contributed by atoms with Gasteiger partial charge in [-0.3, -0.25) is 0 Å². The van der Waals surface area contributed by atoms with Gasteiger partial charge in [0.05, 0.1) is 5.69 Å². The Balaban J connectivity index is 1.66. The number of hydrogen-bond acceptors (Lipinski definition) is 4. The number of aromatic nitrogens is 1. The molecule has 1 aromatic heterocycles. The Bertz CT molecular complexity index is 1320. The summed E-state index contributed by atoms with van der Waals surface area (Å²) >= 11 is 0. The maximum Gasteiger partial charge on any atom is 0.355 e. The van der Waals surface area contributed by atoms with Crippen LogP contribution in [-0.2, 0) is 11.3 Å². The number of aromatic carboxylic acids is 1. The standard InChI is InChI=1S/C28H24FNO4/c29-21-8-6-19(7-9-21)25-23-11-10-22(34-17-18-4-2-1-3-5-18)16-24(23)27(28(31)32)30-26(25)20-12-14-33-15-13-20/h1-11,16,20H,12-15,17H2,(H,31,32). The van der Waals surface area contributed by atoms with Crippen LogP contribution in [0.4, 0.5) is 4.39 Å². The normalized spacial score (nSPS) is 14.3. The number of carboxylic acid groups (broad SMARTS) is 1. The van der Waals surface area contributed by atoms with E-state index in [0.29, 0.717) is 31.0 Å². The van der Waals surface area contributed by atoms with E-state index in [9.17, 15) is 14.3 Å². The molecule has 3 aromatic carbocycles. The summed E-state index contributed by atoms with van der Waals surface area (Å²) in [5.74, 6) is -0.800. The molecular formula is C28H24FNO4. The highest BCUT2D eigenvalue weighted by Crippen LogP contribution is 2.40. The molecule has 4 aromatic rings. The predicted molar refractivity (Wildman–Crippen MR) is 128 cm³/mol. The van der Waals surface area contributed by atoms with Crippen LogP contribution in [0.3, 0.4) is 0 Å². The van der Waals surface area contributed by atoms with Crippen molar-refractivity contribution in [3.63, 3.8) is 0 Å². The molecule has 6 heteroatoms. The number of benzene rings is 3. The topological polar surface area (TPSA) is 68.7 Å². The van der Waals surface area contributed by atoms with E-state index >= 15 is 0 Å². The van der Waals surface area contributed by atoms with Crippen LogP contribution in [0.2, 0.25) is 0 Å². The number of rotatable bonds is 6. The summed E-state index contributed by atoms with van der Waals surface area (Å²) < 4.78 is 25.2. The predicted octanol–water partition coefficient (Wildman–Crippen LogP) is 6.21. The van der Waals surface area contributed by atoms with E-state index in [-0.39, 0.29) is 17.4 Å². The molecule has 2 heterocycles. The molecule has 0 radical (unpaired) electrons. The molecular weight excluding hydrogens is 433 g/mol. The van der Waals surface area contributed by atoms with Gasteiger partial charge in [0.2, 0.25) is 0 Å². The SMILES string of the molecule is O=C(O)c1nc(C2CCOCC2)c(-c2ccc(F)cc2)c2ccc(OCc3ccccc3)cc12. The Hall–Kier alpha value is -3.77. The van der Waals surface area contributed by atoms with Crippen LogP contribution in [0, 0.1) is 5.82 Å². The van der Waals surface area contributed by atoms with Crippen molar-refractivity contribution < 1.29 is 23.8 Å². The molecule has 0 unspecified atom stereocenters. The molecule has 1 saturated heterocycles. The number of pyridine rings is 1. The van der Waals surface area contributed by atoms with Crippen LogP contribution in [-0.4, -0.2) is 29.3 Å². The van der Waals surface area contributed by atoms with Crippen molar-refractivity contribution in [2.75, 3.05) is 13.2 Å². The maximum absolute atomic E-state index is 13.7. The fraction of sp³-hybridized carbons (Fsp3) is 0.214. The lowest BCUT2D eigenvalue weighted by atomic mass is 9.86. The van der Waals surface area contributed by atoms with E-state index in [2.05, 4.69) is 4.98 Å². The number of ether oxygens (including phenoxy) is 2. The van der Waals surface area contributed by atoms with Gasteiger partial charge in [-0.15, -0.1) is 0 Å². The monoisotopic (exact) mass is 457 g/mol. The first-order valence-corrected chi connectivity index (χ1v) is 11.3. The van der Waals surface area contributed by atoms with Gasteiger partial charge in [-0.05, 0) is 59.7 Å². The van der Waals surface area contributed by atoms with Gasteiger partial charge in [0, 0.05) is 30.1 Å². The molecule has 1 fully saturated rings. The van der Waals surface area contributed by atoms with Crippen LogP contribution in [0.25, 0.3) is 21.9 Å². The first-order chi connectivity index (χ1) is 16.6. The largest absolute Gasteiger partial charge is 0.489 e. The highest BCUT2D eigenvalue weighted by atomic mass is 19.1. The van der Waals surface area contributed by atoms with Gasteiger partial charge in [0.25, 0.3) is 0 Å².